The molecule has 2 fully saturated rings. The lowest BCUT2D eigenvalue weighted by Crippen LogP contribution is -2.64. The summed E-state index contributed by atoms with van der Waals surface area (Å²) in [5.41, 5.74) is 1.06. The molecule has 0 aliphatic carbocycles. The zero-order chi connectivity index (χ0) is 22.7. The minimum Gasteiger partial charge on any atom is -0.453 e. The Kier molecular flexibility index (Phi) is 6.89. The van der Waals surface area contributed by atoms with Crippen LogP contribution >= 0.6 is 0 Å². The second-order valence-electron chi connectivity index (χ2n) is 7.46. The average Bonchev–Trinajstić information content (AvgIpc) is 2.80. The van der Waals surface area contributed by atoms with Crippen LogP contribution in [-0.4, -0.2) is 65.1 Å². The third-order valence-corrected chi connectivity index (χ3v) is 5.70. The van der Waals surface area contributed by atoms with Crippen molar-refractivity contribution >= 4 is 16.1 Å². The van der Waals surface area contributed by atoms with Crippen LogP contribution in [0.25, 0.3) is 0 Å². The molecule has 0 spiro atoms. The Labute approximate surface area is 186 Å². The molecule has 0 amide bonds. The van der Waals surface area contributed by atoms with E-state index in [2.05, 4.69) is 0 Å². The molecule has 172 valence electrons. The predicted octanol–water partition coefficient (Wildman–Crippen LogP) is 2.04. The Morgan fingerprint density at radius 3 is 2.25 bits per heavy atom. The molecular weight excluding hydrogens is 440 g/mol. The van der Waals surface area contributed by atoms with Gasteiger partial charge in [0.25, 0.3) is 10.1 Å². The SMILES string of the molecule is COC1OC2COC(c3ccccc3)O[C@H]2[C@H](OC(=O)c2ccccc2)[C@H]1OS(C)(=O)=O. The Morgan fingerprint density at radius 2 is 1.62 bits per heavy atom. The monoisotopic (exact) mass is 464 g/mol. The quantitative estimate of drug-likeness (QED) is 0.469. The molecule has 10 heteroatoms. The van der Waals surface area contributed by atoms with Gasteiger partial charge in [0, 0.05) is 12.7 Å². The highest BCUT2D eigenvalue weighted by Crippen LogP contribution is 2.37. The van der Waals surface area contributed by atoms with Gasteiger partial charge < -0.3 is 23.7 Å². The third-order valence-electron chi connectivity index (χ3n) is 5.13. The second-order valence-corrected chi connectivity index (χ2v) is 9.06. The van der Waals surface area contributed by atoms with Crippen LogP contribution in [0.1, 0.15) is 22.2 Å². The van der Waals surface area contributed by atoms with E-state index >= 15 is 0 Å². The molecule has 9 nitrogen and oxygen atoms in total. The Hall–Kier alpha value is -2.34. The predicted molar refractivity (Wildman–Crippen MR) is 111 cm³/mol. The van der Waals surface area contributed by atoms with Gasteiger partial charge in [-0.3, -0.25) is 4.18 Å². The van der Waals surface area contributed by atoms with Gasteiger partial charge in [-0.2, -0.15) is 8.42 Å². The lowest BCUT2D eigenvalue weighted by Gasteiger charge is -2.47. The van der Waals surface area contributed by atoms with Gasteiger partial charge in [-0.15, -0.1) is 0 Å². The number of hydrogen-bond acceptors (Lipinski definition) is 9. The molecule has 2 aliphatic rings. The molecule has 0 saturated carbocycles. The summed E-state index contributed by atoms with van der Waals surface area (Å²) >= 11 is 0. The number of esters is 1. The van der Waals surface area contributed by atoms with Gasteiger partial charge in [-0.05, 0) is 12.1 Å². The van der Waals surface area contributed by atoms with Crippen molar-refractivity contribution in [3.8, 4) is 0 Å². The van der Waals surface area contributed by atoms with Crippen molar-refractivity contribution in [2.75, 3.05) is 20.0 Å². The van der Waals surface area contributed by atoms with E-state index in [1.54, 1.807) is 30.3 Å². The summed E-state index contributed by atoms with van der Waals surface area (Å²) in [6.07, 6.45) is -4.93. The van der Waals surface area contributed by atoms with Crippen molar-refractivity contribution in [1.82, 2.24) is 0 Å². The van der Waals surface area contributed by atoms with Crippen molar-refractivity contribution in [3.63, 3.8) is 0 Å². The van der Waals surface area contributed by atoms with Crippen LogP contribution in [0.3, 0.4) is 0 Å². The maximum Gasteiger partial charge on any atom is 0.338 e. The first-order valence-electron chi connectivity index (χ1n) is 10.0. The molecule has 32 heavy (non-hydrogen) atoms. The molecule has 4 rings (SSSR count). The fraction of sp³-hybridized carbons (Fsp3) is 0.409. The molecule has 2 saturated heterocycles. The van der Waals surface area contributed by atoms with E-state index in [-0.39, 0.29) is 6.61 Å². The van der Waals surface area contributed by atoms with Gasteiger partial charge in [0.2, 0.25) is 0 Å². The molecule has 2 aromatic rings. The molecule has 0 radical (unpaired) electrons. The first-order valence-corrected chi connectivity index (χ1v) is 11.8. The molecule has 2 heterocycles. The number of benzene rings is 2. The maximum atomic E-state index is 12.8. The first-order chi connectivity index (χ1) is 15.4. The number of rotatable bonds is 6. The number of carbonyl (C=O) groups excluding carboxylic acids is 1. The summed E-state index contributed by atoms with van der Waals surface area (Å²) in [7, 11) is -2.60. The number of ether oxygens (including phenoxy) is 5. The normalized spacial score (nSPS) is 30.3. The van der Waals surface area contributed by atoms with E-state index in [9.17, 15) is 13.2 Å². The van der Waals surface area contributed by atoms with Crippen molar-refractivity contribution in [2.24, 2.45) is 0 Å². The van der Waals surface area contributed by atoms with Crippen LogP contribution in [0.5, 0.6) is 0 Å². The number of hydrogen-bond donors (Lipinski definition) is 0. The van der Waals surface area contributed by atoms with Crippen LogP contribution in [-0.2, 0) is 38.0 Å². The zero-order valence-electron chi connectivity index (χ0n) is 17.5. The van der Waals surface area contributed by atoms with Gasteiger partial charge >= 0.3 is 5.97 Å². The van der Waals surface area contributed by atoms with Crippen LogP contribution in [0.4, 0.5) is 0 Å². The lowest BCUT2D eigenvalue weighted by atomic mass is 9.97. The highest BCUT2D eigenvalue weighted by Gasteiger charge is 2.54. The van der Waals surface area contributed by atoms with E-state index in [1.807, 2.05) is 30.3 Å². The smallest absolute Gasteiger partial charge is 0.338 e. The molecule has 6 atom stereocenters. The lowest BCUT2D eigenvalue weighted by molar-refractivity contribution is -0.353. The summed E-state index contributed by atoms with van der Waals surface area (Å²) < 4.78 is 58.0. The summed E-state index contributed by atoms with van der Waals surface area (Å²) in [4.78, 5) is 12.8. The van der Waals surface area contributed by atoms with Gasteiger partial charge in [-0.1, -0.05) is 48.5 Å². The van der Waals surface area contributed by atoms with Crippen LogP contribution < -0.4 is 0 Å². The van der Waals surface area contributed by atoms with E-state index in [0.29, 0.717) is 5.56 Å². The Balaban J connectivity index is 1.65. The molecule has 0 bridgehead atoms. The molecule has 0 N–H and O–H groups in total. The first kappa shape index (κ1) is 22.8. The largest absolute Gasteiger partial charge is 0.453 e. The van der Waals surface area contributed by atoms with Gasteiger partial charge in [0.05, 0.1) is 18.4 Å². The minimum atomic E-state index is -3.94. The van der Waals surface area contributed by atoms with Crippen molar-refractivity contribution in [1.29, 1.82) is 0 Å². The highest BCUT2D eigenvalue weighted by atomic mass is 32.2. The highest BCUT2D eigenvalue weighted by molar-refractivity contribution is 7.86. The fourth-order valence-corrected chi connectivity index (χ4v) is 4.32. The zero-order valence-corrected chi connectivity index (χ0v) is 18.3. The fourth-order valence-electron chi connectivity index (χ4n) is 3.72. The minimum absolute atomic E-state index is 0.120. The molecule has 3 unspecified atom stereocenters. The maximum absolute atomic E-state index is 12.8. The number of fused-ring (bicyclic) bond motifs is 1. The van der Waals surface area contributed by atoms with Crippen molar-refractivity contribution in [2.45, 2.75) is 37.0 Å². The van der Waals surface area contributed by atoms with Crippen LogP contribution in [0, 0.1) is 0 Å². The number of methoxy groups -OCH3 is 1. The molecular formula is C22H24O9S. The van der Waals surface area contributed by atoms with Crippen LogP contribution in [0.2, 0.25) is 0 Å². The van der Waals surface area contributed by atoms with Crippen LogP contribution in [0.15, 0.2) is 60.7 Å². The van der Waals surface area contributed by atoms with E-state index in [1.165, 1.54) is 7.11 Å². The Morgan fingerprint density at radius 1 is 0.969 bits per heavy atom. The van der Waals surface area contributed by atoms with E-state index in [4.69, 9.17) is 27.9 Å². The summed E-state index contributed by atoms with van der Waals surface area (Å²) in [5.74, 6) is -0.653. The van der Waals surface area contributed by atoms with Gasteiger partial charge in [0.15, 0.2) is 24.8 Å². The summed E-state index contributed by atoms with van der Waals surface area (Å²) in [6, 6.07) is 17.6. The van der Waals surface area contributed by atoms with Gasteiger partial charge in [-0.25, -0.2) is 4.79 Å². The van der Waals surface area contributed by atoms with Crippen molar-refractivity contribution < 1.29 is 41.1 Å². The standard InChI is InChI=1S/C22H24O9S/c1-26-22-19(31-32(2,24)25)18(29-20(23)14-9-5-3-6-10-14)17-16(28-22)13-27-21(30-17)15-11-7-4-8-12-15/h3-12,16-19,21-22H,13H2,1-2H3/t16?,17-,18+,19-,21?,22?/m1/s1. The van der Waals surface area contributed by atoms with Gasteiger partial charge in [0.1, 0.15) is 12.2 Å². The molecule has 0 aromatic heterocycles. The summed E-state index contributed by atoms with van der Waals surface area (Å²) in [6.45, 7) is 0.120. The van der Waals surface area contributed by atoms with E-state index in [0.717, 1.165) is 11.8 Å². The van der Waals surface area contributed by atoms with Crippen molar-refractivity contribution in [3.05, 3.63) is 71.8 Å². The third kappa shape index (κ3) is 5.17. The summed E-state index contributed by atoms with van der Waals surface area (Å²) in [5, 5.41) is 0. The number of carbonyl (C=O) groups is 1. The topological polar surface area (TPSA) is 107 Å². The average molecular weight is 464 g/mol. The molecule has 2 aromatic carbocycles. The molecule has 2 aliphatic heterocycles. The van der Waals surface area contributed by atoms with E-state index < -0.39 is 53.1 Å². The Bertz CT molecular complexity index is 1010. The second kappa shape index (κ2) is 9.65.